The van der Waals surface area contributed by atoms with Gasteiger partial charge in [-0.3, -0.25) is 4.79 Å². The Morgan fingerprint density at radius 3 is 2.19 bits per heavy atom. The molecule has 0 radical (unpaired) electrons. The topological polar surface area (TPSA) is 77.9 Å². The molecule has 0 spiro atoms. The molecule has 96 valence electrons. The van der Waals surface area contributed by atoms with Crippen molar-refractivity contribution in [2.45, 2.75) is 12.8 Å². The smallest absolute Gasteiger partial charge is 0.303 e. The minimum Gasteiger partial charge on any atom is -0.481 e. The summed E-state index contributed by atoms with van der Waals surface area (Å²) in [4.78, 5) is 12.1. The predicted octanol–water partition coefficient (Wildman–Crippen LogP) is -0.326. The molecule has 0 aromatic carbocycles. The number of nitrogens with zero attached hydrogens (tertiary/aromatic N) is 2. The van der Waals surface area contributed by atoms with Gasteiger partial charge in [0.2, 0.25) is 10.0 Å². The molecule has 0 heterocycles. The first-order chi connectivity index (χ1) is 7.25. The Morgan fingerprint density at radius 1 is 1.19 bits per heavy atom. The first kappa shape index (κ1) is 15.3. The van der Waals surface area contributed by atoms with Crippen molar-refractivity contribution in [2.24, 2.45) is 0 Å². The Balaban J connectivity index is 4.06. The fraction of sp³-hybridized carbons (Fsp3) is 0.889. The molecule has 0 rings (SSSR count). The van der Waals surface area contributed by atoms with Gasteiger partial charge < -0.3 is 10.0 Å². The number of hydrogen-bond donors (Lipinski definition) is 1. The van der Waals surface area contributed by atoms with Gasteiger partial charge in [-0.15, -0.1) is 0 Å². The fourth-order valence-corrected chi connectivity index (χ4v) is 2.22. The lowest BCUT2D eigenvalue weighted by atomic mass is 10.3. The number of carbonyl (C=O) groups is 1. The van der Waals surface area contributed by atoms with E-state index in [-0.39, 0.29) is 18.6 Å². The molecule has 16 heavy (non-hydrogen) atoms. The second-order valence-electron chi connectivity index (χ2n) is 3.94. The van der Waals surface area contributed by atoms with Crippen molar-refractivity contribution >= 4 is 16.0 Å². The SMILES string of the molecule is CN(C)CCN(C)S(=O)(=O)CCCC(=O)O. The van der Waals surface area contributed by atoms with Gasteiger partial charge in [0, 0.05) is 26.6 Å². The van der Waals surface area contributed by atoms with Gasteiger partial charge in [0.05, 0.1) is 5.75 Å². The number of likely N-dealkylation sites (N-methyl/N-ethyl adjacent to an activating group) is 2. The van der Waals surface area contributed by atoms with Crippen LogP contribution in [0.4, 0.5) is 0 Å². The number of sulfonamides is 1. The number of carboxylic acid groups (broad SMARTS) is 1. The summed E-state index contributed by atoms with van der Waals surface area (Å²) < 4.78 is 24.6. The van der Waals surface area contributed by atoms with Crippen LogP contribution in [0.25, 0.3) is 0 Å². The zero-order valence-corrected chi connectivity index (χ0v) is 10.8. The predicted molar refractivity (Wildman–Crippen MR) is 61.8 cm³/mol. The molecule has 0 aliphatic heterocycles. The summed E-state index contributed by atoms with van der Waals surface area (Å²) in [6, 6.07) is 0. The van der Waals surface area contributed by atoms with Gasteiger partial charge in [0.25, 0.3) is 0 Å². The molecular formula is C9H20N2O4S. The summed E-state index contributed by atoms with van der Waals surface area (Å²) in [7, 11) is 1.94. The van der Waals surface area contributed by atoms with Crippen molar-refractivity contribution in [3.05, 3.63) is 0 Å². The number of carboxylic acids is 1. The van der Waals surface area contributed by atoms with E-state index in [1.54, 1.807) is 0 Å². The third-order valence-electron chi connectivity index (χ3n) is 2.13. The Labute approximate surface area is 96.9 Å². The van der Waals surface area contributed by atoms with Crippen molar-refractivity contribution in [1.82, 2.24) is 9.21 Å². The second-order valence-corrected chi connectivity index (χ2v) is 6.13. The normalized spacial score (nSPS) is 12.3. The maximum absolute atomic E-state index is 11.6. The van der Waals surface area contributed by atoms with E-state index in [0.29, 0.717) is 13.1 Å². The lowest BCUT2D eigenvalue weighted by Crippen LogP contribution is -2.35. The molecular weight excluding hydrogens is 232 g/mol. The molecule has 0 aliphatic carbocycles. The molecule has 6 nitrogen and oxygen atoms in total. The third kappa shape index (κ3) is 6.76. The molecule has 0 aromatic rings. The summed E-state index contributed by atoms with van der Waals surface area (Å²) in [6.07, 6.45) is 0.0464. The van der Waals surface area contributed by atoms with Crippen LogP contribution in [0.5, 0.6) is 0 Å². The maximum atomic E-state index is 11.6. The van der Waals surface area contributed by atoms with Crippen LogP contribution in [0, 0.1) is 0 Å². The van der Waals surface area contributed by atoms with E-state index in [1.165, 1.54) is 11.4 Å². The molecule has 0 saturated heterocycles. The van der Waals surface area contributed by atoms with E-state index in [0.717, 1.165) is 0 Å². The van der Waals surface area contributed by atoms with Crippen LogP contribution in [0.2, 0.25) is 0 Å². The molecule has 0 atom stereocenters. The standard InChI is InChI=1S/C9H20N2O4S/c1-10(2)6-7-11(3)16(14,15)8-4-5-9(12)13/h4-8H2,1-3H3,(H,12,13). The Bertz CT molecular complexity index is 313. The molecule has 0 aromatic heterocycles. The van der Waals surface area contributed by atoms with Crippen molar-refractivity contribution in [2.75, 3.05) is 40.0 Å². The number of aliphatic carboxylic acids is 1. The zero-order valence-electron chi connectivity index (χ0n) is 10.0. The highest BCUT2D eigenvalue weighted by molar-refractivity contribution is 7.89. The van der Waals surface area contributed by atoms with Gasteiger partial charge in [0.1, 0.15) is 0 Å². The molecule has 0 fully saturated rings. The second kappa shape index (κ2) is 6.82. The summed E-state index contributed by atoms with van der Waals surface area (Å²) in [5, 5.41) is 8.41. The molecule has 0 amide bonds. The molecule has 1 N–H and O–H groups in total. The van der Waals surface area contributed by atoms with Crippen LogP contribution in [0.1, 0.15) is 12.8 Å². The lowest BCUT2D eigenvalue weighted by Gasteiger charge is -2.19. The van der Waals surface area contributed by atoms with Gasteiger partial charge >= 0.3 is 5.97 Å². The summed E-state index contributed by atoms with van der Waals surface area (Å²) in [5.74, 6) is -1.07. The number of hydrogen-bond acceptors (Lipinski definition) is 4. The monoisotopic (exact) mass is 252 g/mol. The Morgan fingerprint density at radius 2 is 1.75 bits per heavy atom. The molecule has 0 bridgehead atoms. The lowest BCUT2D eigenvalue weighted by molar-refractivity contribution is -0.137. The molecule has 0 aliphatic rings. The molecule has 7 heteroatoms. The van der Waals surface area contributed by atoms with Crippen molar-refractivity contribution in [3.63, 3.8) is 0 Å². The fourth-order valence-electron chi connectivity index (χ4n) is 1.04. The minimum absolute atomic E-state index is 0.108. The first-order valence-electron chi connectivity index (χ1n) is 5.06. The van der Waals surface area contributed by atoms with Gasteiger partial charge in [0.15, 0.2) is 0 Å². The Kier molecular flexibility index (Phi) is 6.54. The van der Waals surface area contributed by atoms with E-state index < -0.39 is 16.0 Å². The average molecular weight is 252 g/mol. The highest BCUT2D eigenvalue weighted by atomic mass is 32.2. The van der Waals surface area contributed by atoms with Gasteiger partial charge in [-0.2, -0.15) is 0 Å². The van der Waals surface area contributed by atoms with Gasteiger partial charge in [-0.25, -0.2) is 12.7 Å². The van der Waals surface area contributed by atoms with E-state index >= 15 is 0 Å². The van der Waals surface area contributed by atoms with Crippen LogP contribution in [0.3, 0.4) is 0 Å². The zero-order chi connectivity index (χ0) is 12.8. The van der Waals surface area contributed by atoms with Crippen LogP contribution >= 0.6 is 0 Å². The van der Waals surface area contributed by atoms with E-state index in [1.807, 2.05) is 19.0 Å². The van der Waals surface area contributed by atoms with Crippen LogP contribution < -0.4 is 0 Å². The van der Waals surface area contributed by atoms with Gasteiger partial charge in [-0.05, 0) is 20.5 Å². The molecule has 0 unspecified atom stereocenters. The van der Waals surface area contributed by atoms with Crippen LogP contribution in [0.15, 0.2) is 0 Å². The van der Waals surface area contributed by atoms with Crippen molar-refractivity contribution in [3.8, 4) is 0 Å². The van der Waals surface area contributed by atoms with Crippen molar-refractivity contribution in [1.29, 1.82) is 0 Å². The quantitative estimate of drug-likeness (QED) is 0.640. The van der Waals surface area contributed by atoms with E-state index in [4.69, 9.17) is 5.11 Å². The van der Waals surface area contributed by atoms with E-state index in [9.17, 15) is 13.2 Å². The first-order valence-corrected chi connectivity index (χ1v) is 6.67. The summed E-state index contributed by atoms with van der Waals surface area (Å²) in [5.41, 5.74) is 0. The largest absolute Gasteiger partial charge is 0.481 e. The maximum Gasteiger partial charge on any atom is 0.303 e. The third-order valence-corrected chi connectivity index (χ3v) is 4.07. The average Bonchev–Trinajstić information content (AvgIpc) is 2.12. The van der Waals surface area contributed by atoms with Crippen LogP contribution in [-0.4, -0.2) is 68.7 Å². The highest BCUT2D eigenvalue weighted by Crippen LogP contribution is 2.02. The van der Waals surface area contributed by atoms with Crippen LogP contribution in [-0.2, 0) is 14.8 Å². The molecule has 0 saturated carbocycles. The number of rotatable bonds is 8. The summed E-state index contributed by atoms with van der Waals surface area (Å²) in [6.45, 7) is 1.07. The van der Waals surface area contributed by atoms with Crippen molar-refractivity contribution < 1.29 is 18.3 Å². The van der Waals surface area contributed by atoms with Gasteiger partial charge in [-0.1, -0.05) is 0 Å². The Hall–Kier alpha value is -0.660. The highest BCUT2D eigenvalue weighted by Gasteiger charge is 2.17. The minimum atomic E-state index is -3.31. The van der Waals surface area contributed by atoms with E-state index in [2.05, 4.69) is 0 Å². The summed E-state index contributed by atoms with van der Waals surface area (Å²) >= 11 is 0.